The van der Waals surface area contributed by atoms with Gasteiger partial charge in [-0.1, -0.05) is 12.1 Å². The van der Waals surface area contributed by atoms with Crippen LogP contribution in [0.4, 0.5) is 13.2 Å². The van der Waals surface area contributed by atoms with Crippen LogP contribution >= 0.6 is 0 Å². The van der Waals surface area contributed by atoms with Gasteiger partial charge in [0, 0.05) is 32.3 Å². The molecule has 1 aromatic rings. The first-order valence-electron chi connectivity index (χ1n) is 7.78. The molecule has 0 aromatic heterocycles. The average molecular weight is 356 g/mol. The number of ether oxygens (including phenoxy) is 1. The highest BCUT2D eigenvalue weighted by molar-refractivity contribution is 5.92. The summed E-state index contributed by atoms with van der Waals surface area (Å²) >= 11 is 0. The third kappa shape index (κ3) is 5.23. The fraction of sp³-hybridized carbons (Fsp3) is 0.412. The van der Waals surface area contributed by atoms with Crippen molar-refractivity contribution in [3.05, 3.63) is 35.9 Å². The second-order valence-corrected chi connectivity index (χ2v) is 5.58. The largest absolute Gasteiger partial charge is 0.497 e. The van der Waals surface area contributed by atoms with Gasteiger partial charge in [0.2, 0.25) is 5.91 Å². The van der Waals surface area contributed by atoms with Crippen LogP contribution in [0.15, 0.2) is 30.3 Å². The van der Waals surface area contributed by atoms with Gasteiger partial charge in [-0.3, -0.25) is 9.59 Å². The Morgan fingerprint density at radius 1 is 1.04 bits per heavy atom. The van der Waals surface area contributed by atoms with Gasteiger partial charge in [0.25, 0.3) is 0 Å². The number of alkyl halides is 3. The fourth-order valence-electron chi connectivity index (χ4n) is 2.51. The lowest BCUT2D eigenvalue weighted by Gasteiger charge is -2.22. The summed E-state index contributed by atoms with van der Waals surface area (Å²) in [6.07, 6.45) is -1.56. The van der Waals surface area contributed by atoms with Gasteiger partial charge in [0.15, 0.2) is 0 Å². The van der Waals surface area contributed by atoms with E-state index in [-0.39, 0.29) is 25.5 Å². The molecule has 2 rings (SSSR count). The van der Waals surface area contributed by atoms with Crippen molar-refractivity contribution in [1.29, 1.82) is 0 Å². The van der Waals surface area contributed by atoms with Gasteiger partial charge >= 0.3 is 12.1 Å². The maximum Gasteiger partial charge on any atom is 0.471 e. The quantitative estimate of drug-likeness (QED) is 0.781. The summed E-state index contributed by atoms with van der Waals surface area (Å²) in [4.78, 5) is 25.7. The minimum atomic E-state index is -4.88. The number of methoxy groups -OCH3 is 1. The molecule has 1 aromatic carbocycles. The summed E-state index contributed by atoms with van der Waals surface area (Å²) in [5, 5.41) is 0. The SMILES string of the molecule is COc1ccc(/C=C/C(=O)N2CCCN(C(=O)C(F)(F)F)CC2)cc1. The summed E-state index contributed by atoms with van der Waals surface area (Å²) in [7, 11) is 1.56. The molecular formula is C17H19F3N2O3. The lowest BCUT2D eigenvalue weighted by molar-refractivity contribution is -0.185. The molecule has 1 heterocycles. The Morgan fingerprint density at radius 3 is 2.24 bits per heavy atom. The molecule has 0 aliphatic carbocycles. The van der Waals surface area contributed by atoms with Crippen molar-refractivity contribution in [3.63, 3.8) is 0 Å². The lowest BCUT2D eigenvalue weighted by atomic mass is 10.2. The molecule has 1 saturated heterocycles. The second-order valence-electron chi connectivity index (χ2n) is 5.58. The maximum absolute atomic E-state index is 12.5. The highest BCUT2D eigenvalue weighted by atomic mass is 19.4. The summed E-state index contributed by atoms with van der Waals surface area (Å²) in [6.45, 7) is 0.256. The van der Waals surface area contributed by atoms with E-state index in [9.17, 15) is 22.8 Å². The normalized spacial score (nSPS) is 16.0. The first-order valence-corrected chi connectivity index (χ1v) is 7.78. The molecule has 136 valence electrons. The van der Waals surface area contributed by atoms with Crippen molar-refractivity contribution in [2.24, 2.45) is 0 Å². The first-order chi connectivity index (χ1) is 11.8. The molecule has 1 aliphatic rings. The van der Waals surface area contributed by atoms with Gasteiger partial charge in [0.1, 0.15) is 5.75 Å². The molecule has 8 heteroatoms. The smallest absolute Gasteiger partial charge is 0.471 e. The molecule has 2 amide bonds. The van der Waals surface area contributed by atoms with Crippen molar-refractivity contribution in [2.75, 3.05) is 33.3 Å². The number of hydrogen-bond donors (Lipinski definition) is 0. The predicted molar refractivity (Wildman–Crippen MR) is 85.9 cm³/mol. The van der Waals surface area contributed by atoms with Crippen LogP contribution in [0, 0.1) is 0 Å². The zero-order valence-corrected chi connectivity index (χ0v) is 13.8. The van der Waals surface area contributed by atoms with Crippen molar-refractivity contribution in [3.8, 4) is 5.75 Å². The lowest BCUT2D eigenvalue weighted by Crippen LogP contribution is -2.43. The van der Waals surface area contributed by atoms with E-state index in [1.165, 1.54) is 11.0 Å². The van der Waals surface area contributed by atoms with Gasteiger partial charge in [-0.15, -0.1) is 0 Å². The highest BCUT2D eigenvalue weighted by Gasteiger charge is 2.42. The molecule has 25 heavy (non-hydrogen) atoms. The molecule has 0 unspecified atom stereocenters. The number of rotatable bonds is 3. The van der Waals surface area contributed by atoms with Crippen LogP contribution < -0.4 is 4.74 Å². The van der Waals surface area contributed by atoms with Crippen molar-refractivity contribution in [2.45, 2.75) is 12.6 Å². The van der Waals surface area contributed by atoms with Gasteiger partial charge < -0.3 is 14.5 Å². The van der Waals surface area contributed by atoms with Gasteiger partial charge in [-0.2, -0.15) is 13.2 Å². The number of nitrogens with zero attached hydrogens (tertiary/aromatic N) is 2. The molecule has 0 spiro atoms. The third-order valence-corrected chi connectivity index (χ3v) is 3.87. The highest BCUT2D eigenvalue weighted by Crippen LogP contribution is 2.19. The van der Waals surface area contributed by atoms with E-state index in [0.717, 1.165) is 10.5 Å². The van der Waals surface area contributed by atoms with Gasteiger partial charge in [-0.05, 0) is 30.2 Å². The van der Waals surface area contributed by atoms with Crippen LogP contribution in [0.3, 0.4) is 0 Å². The summed E-state index contributed by atoms with van der Waals surface area (Å²) in [6, 6.07) is 7.09. The van der Waals surface area contributed by atoms with E-state index >= 15 is 0 Å². The number of halogens is 3. The fourth-order valence-corrected chi connectivity index (χ4v) is 2.51. The minimum absolute atomic E-state index is 0.00961. The zero-order chi connectivity index (χ0) is 18.4. The standard InChI is InChI=1S/C17H19F3N2O3/c1-25-14-6-3-13(4-7-14)5-8-15(23)21-9-2-10-22(12-11-21)16(24)17(18,19)20/h3-8H,2,9-12H2,1H3/b8-5+. The molecular weight excluding hydrogens is 337 g/mol. The van der Waals surface area contributed by atoms with Crippen molar-refractivity contribution in [1.82, 2.24) is 9.80 Å². The zero-order valence-electron chi connectivity index (χ0n) is 13.8. The Labute approximate surface area is 143 Å². The van der Waals surface area contributed by atoms with E-state index in [0.29, 0.717) is 18.7 Å². The van der Waals surface area contributed by atoms with Crippen LogP contribution in [0.25, 0.3) is 6.08 Å². The molecule has 1 fully saturated rings. The van der Waals surface area contributed by atoms with Crippen LogP contribution in [-0.4, -0.2) is 61.1 Å². The number of benzene rings is 1. The van der Waals surface area contributed by atoms with E-state index in [2.05, 4.69) is 0 Å². The second kappa shape index (κ2) is 8.04. The Kier molecular flexibility index (Phi) is 6.06. The molecule has 0 N–H and O–H groups in total. The Hall–Kier alpha value is -2.51. The van der Waals surface area contributed by atoms with E-state index < -0.39 is 12.1 Å². The third-order valence-electron chi connectivity index (χ3n) is 3.87. The van der Waals surface area contributed by atoms with E-state index in [1.807, 2.05) is 0 Å². The molecule has 0 radical (unpaired) electrons. The van der Waals surface area contributed by atoms with Crippen molar-refractivity contribution >= 4 is 17.9 Å². The van der Waals surface area contributed by atoms with E-state index in [1.54, 1.807) is 37.5 Å². The topological polar surface area (TPSA) is 49.9 Å². The Morgan fingerprint density at radius 2 is 1.64 bits per heavy atom. The number of carbonyl (C=O) groups is 2. The number of carbonyl (C=O) groups excluding carboxylic acids is 2. The van der Waals surface area contributed by atoms with Crippen LogP contribution in [0.5, 0.6) is 5.75 Å². The molecule has 5 nitrogen and oxygen atoms in total. The monoisotopic (exact) mass is 356 g/mol. The van der Waals surface area contributed by atoms with Crippen LogP contribution in [0.1, 0.15) is 12.0 Å². The predicted octanol–water partition coefficient (Wildman–Crippen LogP) is 2.33. The summed E-state index contributed by atoms with van der Waals surface area (Å²) in [5.74, 6) is -1.45. The Bertz CT molecular complexity index is 642. The van der Waals surface area contributed by atoms with Gasteiger partial charge in [0.05, 0.1) is 7.11 Å². The Balaban J connectivity index is 1.94. The molecule has 0 atom stereocenters. The molecule has 0 saturated carbocycles. The maximum atomic E-state index is 12.5. The summed E-state index contributed by atoms with van der Waals surface area (Å²) < 4.78 is 42.5. The molecule has 1 aliphatic heterocycles. The average Bonchev–Trinajstić information content (AvgIpc) is 2.84. The van der Waals surface area contributed by atoms with Crippen molar-refractivity contribution < 1.29 is 27.5 Å². The number of hydrogen-bond acceptors (Lipinski definition) is 3. The van der Waals surface area contributed by atoms with Crippen LogP contribution in [0.2, 0.25) is 0 Å². The first kappa shape index (κ1) is 18.8. The number of amides is 2. The van der Waals surface area contributed by atoms with Gasteiger partial charge in [-0.25, -0.2) is 0 Å². The van der Waals surface area contributed by atoms with E-state index in [4.69, 9.17) is 4.74 Å². The molecule has 0 bridgehead atoms. The van der Waals surface area contributed by atoms with Crippen LogP contribution in [-0.2, 0) is 9.59 Å². The summed E-state index contributed by atoms with van der Waals surface area (Å²) in [5.41, 5.74) is 0.804. The minimum Gasteiger partial charge on any atom is -0.497 e.